The van der Waals surface area contributed by atoms with Crippen molar-refractivity contribution in [2.45, 2.75) is 13.0 Å². The molecule has 1 heterocycles. The van der Waals surface area contributed by atoms with Gasteiger partial charge < -0.3 is 24.8 Å². The molecule has 1 aromatic heterocycles. The molecule has 0 radical (unpaired) electrons. The minimum Gasteiger partial charge on any atom is -0.493 e. The van der Waals surface area contributed by atoms with E-state index in [9.17, 15) is 4.79 Å². The molecule has 0 spiro atoms. The van der Waals surface area contributed by atoms with Crippen LogP contribution < -0.4 is 24.8 Å². The lowest BCUT2D eigenvalue weighted by molar-refractivity contribution is 0.0938. The fourth-order valence-electron chi connectivity index (χ4n) is 2.82. The van der Waals surface area contributed by atoms with Gasteiger partial charge in [-0.3, -0.25) is 4.79 Å². The predicted molar refractivity (Wildman–Crippen MR) is 119 cm³/mol. The zero-order valence-electron chi connectivity index (χ0n) is 17.5. The first-order chi connectivity index (χ1) is 15.0. The van der Waals surface area contributed by atoms with Crippen LogP contribution in [0.15, 0.2) is 47.1 Å². The summed E-state index contributed by atoms with van der Waals surface area (Å²) in [5.41, 5.74) is 1.70. The van der Waals surface area contributed by atoms with Gasteiger partial charge in [0.1, 0.15) is 5.69 Å². The van der Waals surface area contributed by atoms with Crippen LogP contribution in [0.2, 0.25) is 0 Å². The molecule has 162 valence electrons. The zero-order chi connectivity index (χ0) is 22.4. The molecule has 3 aromatic rings. The van der Waals surface area contributed by atoms with Gasteiger partial charge in [0, 0.05) is 22.3 Å². The van der Waals surface area contributed by atoms with Gasteiger partial charge in [0.05, 0.1) is 39.1 Å². The molecule has 1 atom stereocenters. The maximum atomic E-state index is 12.5. The second-order valence-electron chi connectivity index (χ2n) is 6.42. The number of rotatable bonds is 8. The van der Waals surface area contributed by atoms with Crippen molar-refractivity contribution in [1.29, 1.82) is 0 Å². The summed E-state index contributed by atoms with van der Waals surface area (Å²) in [6.45, 7) is 1.81. The van der Waals surface area contributed by atoms with E-state index < -0.39 is 0 Å². The van der Waals surface area contributed by atoms with E-state index in [1.54, 1.807) is 30.5 Å². The fraction of sp³-hybridized carbons (Fsp3) is 0.238. The van der Waals surface area contributed by atoms with E-state index in [2.05, 4.69) is 41.7 Å². The van der Waals surface area contributed by atoms with Crippen molar-refractivity contribution in [3.63, 3.8) is 0 Å². The quantitative estimate of drug-likeness (QED) is 0.492. The van der Waals surface area contributed by atoms with Crippen molar-refractivity contribution in [2.24, 2.45) is 0 Å². The molecule has 0 aliphatic carbocycles. The van der Waals surface area contributed by atoms with Gasteiger partial charge >= 0.3 is 0 Å². The monoisotopic (exact) mass is 487 g/mol. The summed E-state index contributed by atoms with van der Waals surface area (Å²) >= 11 is 3.38. The van der Waals surface area contributed by atoms with Crippen LogP contribution in [0.3, 0.4) is 0 Å². The lowest BCUT2D eigenvalue weighted by Gasteiger charge is -2.15. The van der Waals surface area contributed by atoms with Crippen LogP contribution in [0, 0.1) is 0 Å². The van der Waals surface area contributed by atoms with E-state index in [1.807, 2.05) is 19.1 Å². The first-order valence-electron chi connectivity index (χ1n) is 9.28. The number of carbonyl (C=O) groups excluding carboxylic acids is 1. The Balaban J connectivity index is 1.72. The Bertz CT molecular complexity index is 1040. The molecular formula is C21H22BrN5O4. The molecule has 9 nitrogen and oxygen atoms in total. The second-order valence-corrected chi connectivity index (χ2v) is 7.28. The van der Waals surface area contributed by atoms with Crippen molar-refractivity contribution >= 4 is 33.5 Å². The average Bonchev–Trinajstić information content (AvgIpc) is 2.79. The number of hydrogen-bond donors (Lipinski definition) is 2. The highest BCUT2D eigenvalue weighted by Crippen LogP contribution is 2.40. The maximum absolute atomic E-state index is 12.5. The fourth-order valence-corrected chi connectivity index (χ4v) is 3.28. The van der Waals surface area contributed by atoms with Crippen LogP contribution >= 0.6 is 15.9 Å². The molecule has 10 heteroatoms. The number of nitrogens with one attached hydrogen (secondary N) is 2. The molecule has 0 saturated carbocycles. The van der Waals surface area contributed by atoms with Gasteiger partial charge in [-0.2, -0.15) is 0 Å². The Morgan fingerprint density at radius 2 is 1.71 bits per heavy atom. The van der Waals surface area contributed by atoms with E-state index in [4.69, 9.17) is 14.2 Å². The number of methoxy groups -OCH3 is 3. The highest BCUT2D eigenvalue weighted by atomic mass is 79.9. The van der Waals surface area contributed by atoms with E-state index in [1.165, 1.54) is 21.3 Å². The lowest BCUT2D eigenvalue weighted by Crippen LogP contribution is -2.27. The first-order valence-corrected chi connectivity index (χ1v) is 10.1. The average molecular weight is 488 g/mol. The molecular weight excluding hydrogens is 466 g/mol. The number of carbonyl (C=O) groups is 1. The van der Waals surface area contributed by atoms with Crippen LogP contribution in [0.1, 0.15) is 29.0 Å². The molecule has 1 amide bonds. The standard InChI is InChI=1S/C21H22BrN5O4/c1-12(24-20(28)14-7-5-6-8-15(14)22)16-11-23-21(27-26-16)25-13-9-17(29-2)19(31-4)18(10-13)30-3/h5-12H,1-4H3,(H,24,28)(H,23,25,27). The molecule has 0 aliphatic rings. The van der Waals surface area contributed by atoms with Crippen molar-refractivity contribution in [1.82, 2.24) is 20.5 Å². The largest absolute Gasteiger partial charge is 0.493 e. The van der Waals surface area contributed by atoms with Crippen LogP contribution in [0.4, 0.5) is 11.6 Å². The Labute approximate surface area is 188 Å². The van der Waals surface area contributed by atoms with Crippen LogP contribution in [-0.2, 0) is 0 Å². The zero-order valence-corrected chi connectivity index (χ0v) is 19.1. The number of anilines is 2. The van der Waals surface area contributed by atoms with Gasteiger partial charge in [0.2, 0.25) is 11.7 Å². The van der Waals surface area contributed by atoms with Crippen LogP contribution in [0.25, 0.3) is 0 Å². The Kier molecular flexibility index (Phi) is 7.24. The molecule has 0 fully saturated rings. The maximum Gasteiger partial charge on any atom is 0.252 e. The molecule has 31 heavy (non-hydrogen) atoms. The summed E-state index contributed by atoms with van der Waals surface area (Å²) in [6.07, 6.45) is 1.55. The third-order valence-electron chi connectivity index (χ3n) is 4.41. The lowest BCUT2D eigenvalue weighted by atomic mass is 10.2. The molecule has 0 aliphatic heterocycles. The molecule has 0 bridgehead atoms. The minimum atomic E-state index is -0.380. The van der Waals surface area contributed by atoms with Gasteiger partial charge in [0.25, 0.3) is 5.91 Å². The van der Waals surface area contributed by atoms with Gasteiger partial charge in [-0.05, 0) is 35.0 Å². The summed E-state index contributed by atoms with van der Waals surface area (Å²) in [4.78, 5) is 16.8. The van der Waals surface area contributed by atoms with Gasteiger partial charge in [0.15, 0.2) is 11.5 Å². The summed E-state index contributed by atoms with van der Waals surface area (Å²) in [5.74, 6) is 1.54. The number of nitrogens with zero attached hydrogens (tertiary/aromatic N) is 3. The Morgan fingerprint density at radius 3 is 2.26 bits per heavy atom. The third kappa shape index (κ3) is 5.21. The number of hydrogen-bond acceptors (Lipinski definition) is 8. The number of aromatic nitrogens is 3. The van der Waals surface area contributed by atoms with E-state index in [-0.39, 0.29) is 17.9 Å². The number of benzene rings is 2. The van der Waals surface area contributed by atoms with Gasteiger partial charge in [-0.25, -0.2) is 4.98 Å². The normalized spacial score (nSPS) is 11.4. The van der Waals surface area contributed by atoms with Crippen molar-refractivity contribution < 1.29 is 19.0 Å². The Hall–Kier alpha value is -3.40. The van der Waals surface area contributed by atoms with Crippen molar-refractivity contribution in [3.8, 4) is 17.2 Å². The van der Waals surface area contributed by atoms with Crippen molar-refractivity contribution in [3.05, 3.63) is 58.3 Å². The highest BCUT2D eigenvalue weighted by molar-refractivity contribution is 9.10. The Morgan fingerprint density at radius 1 is 1.03 bits per heavy atom. The number of ether oxygens (including phenoxy) is 3. The molecule has 3 rings (SSSR count). The predicted octanol–water partition coefficient (Wildman–Crippen LogP) is 3.89. The highest BCUT2D eigenvalue weighted by Gasteiger charge is 2.17. The summed E-state index contributed by atoms with van der Waals surface area (Å²) in [7, 11) is 4.62. The smallest absolute Gasteiger partial charge is 0.252 e. The van der Waals surface area contributed by atoms with Crippen LogP contribution in [0.5, 0.6) is 17.2 Å². The molecule has 2 aromatic carbocycles. The third-order valence-corrected chi connectivity index (χ3v) is 5.10. The molecule has 2 N–H and O–H groups in total. The molecule has 0 saturated heterocycles. The van der Waals surface area contributed by atoms with Gasteiger partial charge in [-0.1, -0.05) is 12.1 Å². The SMILES string of the molecule is COc1cc(Nc2ncc(C(C)NC(=O)c3ccccc3Br)nn2)cc(OC)c1OC. The van der Waals surface area contributed by atoms with Gasteiger partial charge in [-0.15, -0.1) is 10.2 Å². The van der Waals surface area contributed by atoms with E-state index in [0.717, 1.165) is 0 Å². The summed E-state index contributed by atoms with van der Waals surface area (Å²) in [5, 5.41) is 14.2. The minimum absolute atomic E-state index is 0.221. The van der Waals surface area contributed by atoms with E-state index in [0.29, 0.717) is 38.7 Å². The second kappa shape index (κ2) is 10.1. The molecule has 1 unspecified atom stereocenters. The van der Waals surface area contributed by atoms with E-state index >= 15 is 0 Å². The summed E-state index contributed by atoms with van der Waals surface area (Å²) in [6, 6.07) is 10.3. The number of halogens is 1. The van der Waals surface area contributed by atoms with Crippen LogP contribution in [-0.4, -0.2) is 42.4 Å². The topological polar surface area (TPSA) is 107 Å². The van der Waals surface area contributed by atoms with Crippen molar-refractivity contribution in [2.75, 3.05) is 26.6 Å². The first kappa shape index (κ1) is 22.3. The number of amides is 1. The summed E-state index contributed by atoms with van der Waals surface area (Å²) < 4.78 is 16.7.